The van der Waals surface area contributed by atoms with Crippen molar-refractivity contribution in [1.82, 2.24) is 0 Å². The van der Waals surface area contributed by atoms with Gasteiger partial charge in [0.1, 0.15) is 0 Å². The second-order valence-corrected chi connectivity index (χ2v) is 6.19. The Balaban J connectivity index is 1.60. The topological polar surface area (TPSA) is 41.1 Å². The quantitative estimate of drug-likeness (QED) is 0.678. The van der Waals surface area contributed by atoms with Crippen LogP contribution in [-0.2, 0) is 6.54 Å². The molecule has 0 saturated carbocycles. The molecular weight excluding hydrogens is 308 g/mol. The van der Waals surface area contributed by atoms with E-state index in [1.807, 2.05) is 67.6 Å². The van der Waals surface area contributed by atoms with Crippen LogP contribution in [0.3, 0.4) is 0 Å². The number of hydrogen-bond acceptors (Lipinski definition) is 2. The van der Waals surface area contributed by atoms with Gasteiger partial charge in [-0.2, -0.15) is 0 Å². The summed E-state index contributed by atoms with van der Waals surface area (Å²) in [6, 6.07) is 23.7. The number of benzene rings is 3. The van der Waals surface area contributed by atoms with Gasteiger partial charge in [0.25, 0.3) is 5.91 Å². The van der Waals surface area contributed by atoms with Gasteiger partial charge >= 0.3 is 0 Å². The molecule has 0 radical (unpaired) electrons. The Labute approximate surface area is 148 Å². The van der Waals surface area contributed by atoms with Crippen molar-refractivity contribution in [3.8, 4) is 0 Å². The van der Waals surface area contributed by atoms with Gasteiger partial charge in [-0.05, 0) is 55.3 Å². The molecule has 0 saturated heterocycles. The average molecular weight is 330 g/mol. The van der Waals surface area contributed by atoms with Crippen molar-refractivity contribution < 1.29 is 4.79 Å². The van der Waals surface area contributed by atoms with Gasteiger partial charge in [0.15, 0.2) is 0 Å². The predicted molar refractivity (Wildman–Crippen MR) is 104 cm³/mol. The molecular formula is C22H22N2O. The lowest BCUT2D eigenvalue weighted by molar-refractivity contribution is 0.102. The Hall–Kier alpha value is -3.07. The lowest BCUT2D eigenvalue weighted by Crippen LogP contribution is -2.12. The lowest BCUT2D eigenvalue weighted by atomic mass is 10.1. The number of aryl methyl sites for hydroxylation is 2. The smallest absolute Gasteiger partial charge is 0.255 e. The van der Waals surface area contributed by atoms with Crippen LogP contribution in [-0.4, -0.2) is 5.91 Å². The van der Waals surface area contributed by atoms with E-state index in [-0.39, 0.29) is 5.91 Å². The highest BCUT2D eigenvalue weighted by atomic mass is 16.1. The molecule has 3 aromatic rings. The minimum atomic E-state index is -0.0951. The number of carbonyl (C=O) groups is 1. The Morgan fingerprint density at radius 3 is 2.20 bits per heavy atom. The molecule has 3 heteroatoms. The normalized spacial score (nSPS) is 10.3. The van der Waals surface area contributed by atoms with Crippen molar-refractivity contribution in [2.75, 3.05) is 10.6 Å². The minimum absolute atomic E-state index is 0.0951. The molecule has 3 rings (SSSR count). The highest BCUT2D eigenvalue weighted by Gasteiger charge is 2.06. The van der Waals surface area contributed by atoms with Gasteiger partial charge in [0, 0.05) is 23.5 Å². The fourth-order valence-corrected chi connectivity index (χ4v) is 2.58. The van der Waals surface area contributed by atoms with Crippen molar-refractivity contribution in [3.05, 3.63) is 95.1 Å². The van der Waals surface area contributed by atoms with Crippen LogP contribution in [0, 0.1) is 13.8 Å². The second kappa shape index (κ2) is 7.67. The van der Waals surface area contributed by atoms with Crippen molar-refractivity contribution >= 4 is 17.3 Å². The van der Waals surface area contributed by atoms with Crippen LogP contribution in [0.2, 0.25) is 0 Å². The number of rotatable bonds is 5. The number of hydrogen-bond donors (Lipinski definition) is 2. The number of nitrogens with one attached hydrogen (secondary N) is 2. The molecule has 3 nitrogen and oxygen atoms in total. The van der Waals surface area contributed by atoms with Crippen LogP contribution >= 0.6 is 0 Å². The van der Waals surface area contributed by atoms with Crippen LogP contribution in [0.25, 0.3) is 0 Å². The van der Waals surface area contributed by atoms with E-state index in [0.717, 1.165) is 23.5 Å². The predicted octanol–water partition coefficient (Wildman–Crippen LogP) is 5.17. The third kappa shape index (κ3) is 4.48. The summed E-state index contributed by atoms with van der Waals surface area (Å²) in [5.74, 6) is -0.0951. The van der Waals surface area contributed by atoms with E-state index in [4.69, 9.17) is 0 Å². The van der Waals surface area contributed by atoms with Gasteiger partial charge in [-0.25, -0.2) is 0 Å². The number of amides is 1. The summed E-state index contributed by atoms with van der Waals surface area (Å²) in [6.45, 7) is 4.83. The van der Waals surface area contributed by atoms with E-state index in [1.54, 1.807) is 0 Å². The summed E-state index contributed by atoms with van der Waals surface area (Å²) < 4.78 is 0. The summed E-state index contributed by atoms with van der Waals surface area (Å²) in [5.41, 5.74) is 6.11. The van der Waals surface area contributed by atoms with E-state index >= 15 is 0 Å². The van der Waals surface area contributed by atoms with E-state index in [2.05, 4.69) is 29.7 Å². The first-order chi connectivity index (χ1) is 12.1. The number of anilines is 2. The highest BCUT2D eigenvalue weighted by molar-refractivity contribution is 6.04. The van der Waals surface area contributed by atoms with E-state index in [9.17, 15) is 4.79 Å². The standard InChI is InChI=1S/C22H22N2O/c1-16-7-13-20(14-8-16)24-22(25)19-11-9-18(10-12-19)15-23-21-6-4-3-5-17(21)2/h3-14,23H,15H2,1-2H3,(H,24,25). The molecule has 0 unspecified atom stereocenters. The molecule has 0 aliphatic heterocycles. The summed E-state index contributed by atoms with van der Waals surface area (Å²) in [6.07, 6.45) is 0. The van der Waals surface area contributed by atoms with Crippen LogP contribution in [0.5, 0.6) is 0 Å². The third-order valence-corrected chi connectivity index (χ3v) is 4.15. The molecule has 126 valence electrons. The van der Waals surface area contributed by atoms with Gasteiger partial charge in [-0.15, -0.1) is 0 Å². The van der Waals surface area contributed by atoms with E-state index in [0.29, 0.717) is 5.56 Å². The van der Waals surface area contributed by atoms with Gasteiger partial charge in [-0.1, -0.05) is 48.0 Å². The maximum absolute atomic E-state index is 12.3. The van der Waals surface area contributed by atoms with Crippen LogP contribution in [0.1, 0.15) is 27.0 Å². The van der Waals surface area contributed by atoms with Crippen LogP contribution in [0.15, 0.2) is 72.8 Å². The summed E-state index contributed by atoms with van der Waals surface area (Å²) >= 11 is 0. The fraction of sp³-hybridized carbons (Fsp3) is 0.136. The first-order valence-electron chi connectivity index (χ1n) is 8.38. The molecule has 3 aromatic carbocycles. The first kappa shape index (κ1) is 16.8. The average Bonchev–Trinajstić information content (AvgIpc) is 2.63. The van der Waals surface area contributed by atoms with Gasteiger partial charge in [-0.3, -0.25) is 4.79 Å². The molecule has 25 heavy (non-hydrogen) atoms. The van der Waals surface area contributed by atoms with Gasteiger partial charge in [0.05, 0.1) is 0 Å². The van der Waals surface area contributed by atoms with Crippen molar-refractivity contribution in [1.29, 1.82) is 0 Å². The zero-order valence-corrected chi connectivity index (χ0v) is 14.5. The Bertz CT molecular complexity index is 852. The molecule has 0 atom stereocenters. The summed E-state index contributed by atoms with van der Waals surface area (Å²) in [5, 5.41) is 6.34. The zero-order valence-electron chi connectivity index (χ0n) is 14.5. The molecule has 0 aromatic heterocycles. The third-order valence-electron chi connectivity index (χ3n) is 4.15. The van der Waals surface area contributed by atoms with Crippen molar-refractivity contribution in [3.63, 3.8) is 0 Å². The van der Waals surface area contributed by atoms with E-state index < -0.39 is 0 Å². The molecule has 0 heterocycles. The summed E-state index contributed by atoms with van der Waals surface area (Å²) in [4.78, 5) is 12.3. The SMILES string of the molecule is Cc1ccc(NC(=O)c2ccc(CNc3ccccc3C)cc2)cc1. The molecule has 0 fully saturated rings. The Morgan fingerprint density at radius 1 is 0.840 bits per heavy atom. The van der Waals surface area contributed by atoms with Crippen molar-refractivity contribution in [2.24, 2.45) is 0 Å². The van der Waals surface area contributed by atoms with Gasteiger partial charge in [0.2, 0.25) is 0 Å². The maximum atomic E-state index is 12.3. The fourth-order valence-electron chi connectivity index (χ4n) is 2.58. The van der Waals surface area contributed by atoms with E-state index in [1.165, 1.54) is 11.1 Å². The maximum Gasteiger partial charge on any atom is 0.255 e. The minimum Gasteiger partial charge on any atom is -0.381 e. The Kier molecular flexibility index (Phi) is 5.14. The molecule has 0 aliphatic rings. The molecule has 0 aliphatic carbocycles. The molecule has 0 bridgehead atoms. The number of para-hydroxylation sites is 1. The lowest BCUT2D eigenvalue weighted by Gasteiger charge is -2.10. The molecule has 0 spiro atoms. The first-order valence-corrected chi connectivity index (χ1v) is 8.38. The highest BCUT2D eigenvalue weighted by Crippen LogP contribution is 2.15. The second-order valence-electron chi connectivity index (χ2n) is 6.19. The van der Waals surface area contributed by atoms with Crippen molar-refractivity contribution in [2.45, 2.75) is 20.4 Å². The number of carbonyl (C=O) groups excluding carboxylic acids is 1. The largest absolute Gasteiger partial charge is 0.381 e. The van der Waals surface area contributed by atoms with Crippen LogP contribution < -0.4 is 10.6 Å². The molecule has 1 amide bonds. The van der Waals surface area contributed by atoms with Crippen LogP contribution in [0.4, 0.5) is 11.4 Å². The zero-order chi connectivity index (χ0) is 17.6. The molecule has 2 N–H and O–H groups in total. The monoisotopic (exact) mass is 330 g/mol. The summed E-state index contributed by atoms with van der Waals surface area (Å²) in [7, 11) is 0. The van der Waals surface area contributed by atoms with Gasteiger partial charge < -0.3 is 10.6 Å². The Morgan fingerprint density at radius 2 is 1.52 bits per heavy atom.